The summed E-state index contributed by atoms with van der Waals surface area (Å²) in [6.45, 7) is 12.9. The lowest BCUT2D eigenvalue weighted by molar-refractivity contribution is 0.0521. The zero-order chi connectivity index (χ0) is 16.3. The molecule has 0 saturated carbocycles. The largest absolute Gasteiger partial charge is 0.444 e. The Kier molecular flexibility index (Phi) is 10.5. The lowest BCUT2D eigenvalue weighted by atomic mass is 10.1. The molecular formula is C17H36N2O2. The van der Waals surface area contributed by atoms with Crippen LogP contribution < -0.4 is 10.6 Å². The van der Waals surface area contributed by atoms with Gasteiger partial charge in [0.05, 0.1) is 0 Å². The van der Waals surface area contributed by atoms with Gasteiger partial charge in [0.2, 0.25) is 0 Å². The van der Waals surface area contributed by atoms with Crippen LogP contribution in [0.15, 0.2) is 0 Å². The second-order valence-electron chi connectivity index (χ2n) is 6.93. The highest BCUT2D eigenvalue weighted by Gasteiger charge is 2.18. The van der Waals surface area contributed by atoms with Gasteiger partial charge in [-0.1, -0.05) is 39.5 Å². The number of rotatable bonds is 10. The predicted octanol–water partition coefficient (Wildman–Crippen LogP) is 4.24. The Labute approximate surface area is 131 Å². The van der Waals surface area contributed by atoms with Crippen LogP contribution in [0.25, 0.3) is 0 Å². The summed E-state index contributed by atoms with van der Waals surface area (Å²) in [4.78, 5) is 11.7. The molecule has 1 amide bonds. The number of alkyl carbamates (subject to hydrolysis) is 1. The van der Waals surface area contributed by atoms with Gasteiger partial charge >= 0.3 is 6.09 Å². The monoisotopic (exact) mass is 300 g/mol. The maximum Gasteiger partial charge on any atom is 0.407 e. The second kappa shape index (κ2) is 10.9. The normalized spacial score (nSPS) is 14.6. The van der Waals surface area contributed by atoms with Crippen LogP contribution in [0.3, 0.4) is 0 Å². The lowest BCUT2D eigenvalue weighted by Crippen LogP contribution is -2.45. The molecule has 0 rings (SSSR count). The molecule has 0 heterocycles. The number of carbonyl (C=O) groups excluding carboxylic acids is 1. The van der Waals surface area contributed by atoms with Crippen LogP contribution in [0.1, 0.15) is 80.1 Å². The van der Waals surface area contributed by atoms with E-state index < -0.39 is 5.60 Å². The van der Waals surface area contributed by atoms with Crippen LogP contribution in [-0.2, 0) is 4.74 Å². The summed E-state index contributed by atoms with van der Waals surface area (Å²) in [7, 11) is 0. The van der Waals surface area contributed by atoms with Crippen LogP contribution >= 0.6 is 0 Å². The molecule has 2 N–H and O–H groups in total. The van der Waals surface area contributed by atoms with Gasteiger partial charge in [-0.05, 0) is 40.5 Å². The first kappa shape index (κ1) is 20.2. The third-order valence-electron chi connectivity index (χ3n) is 3.29. The molecular weight excluding hydrogens is 264 g/mol. The molecule has 4 heteroatoms. The number of nitrogens with one attached hydrogen (secondary N) is 2. The molecule has 0 fully saturated rings. The van der Waals surface area contributed by atoms with Gasteiger partial charge in [0, 0.05) is 18.6 Å². The van der Waals surface area contributed by atoms with Gasteiger partial charge in [0.15, 0.2) is 0 Å². The molecule has 0 spiro atoms. The molecule has 0 aromatic heterocycles. The first-order chi connectivity index (χ1) is 9.78. The van der Waals surface area contributed by atoms with E-state index in [1.807, 2.05) is 20.8 Å². The number of hydrogen-bond acceptors (Lipinski definition) is 3. The Hall–Kier alpha value is -0.770. The summed E-state index contributed by atoms with van der Waals surface area (Å²) in [5.74, 6) is 0. The van der Waals surface area contributed by atoms with Gasteiger partial charge in [-0.2, -0.15) is 0 Å². The van der Waals surface area contributed by atoms with Crippen LogP contribution in [0.2, 0.25) is 0 Å². The minimum Gasteiger partial charge on any atom is -0.444 e. The molecule has 0 aromatic carbocycles. The third kappa shape index (κ3) is 12.7. The summed E-state index contributed by atoms with van der Waals surface area (Å²) >= 11 is 0. The van der Waals surface area contributed by atoms with Crippen LogP contribution in [-0.4, -0.2) is 30.3 Å². The second-order valence-corrected chi connectivity index (χ2v) is 6.93. The van der Waals surface area contributed by atoms with Crippen molar-refractivity contribution < 1.29 is 9.53 Å². The first-order valence-corrected chi connectivity index (χ1v) is 8.51. The maximum atomic E-state index is 11.7. The summed E-state index contributed by atoms with van der Waals surface area (Å²) in [6.07, 6.45) is 6.85. The fourth-order valence-corrected chi connectivity index (χ4v) is 2.30. The Morgan fingerprint density at radius 2 is 1.76 bits per heavy atom. The van der Waals surface area contributed by atoms with Gasteiger partial charge < -0.3 is 15.4 Å². The highest BCUT2D eigenvalue weighted by Crippen LogP contribution is 2.08. The maximum absolute atomic E-state index is 11.7. The molecule has 0 aliphatic carbocycles. The van der Waals surface area contributed by atoms with Crippen molar-refractivity contribution in [2.75, 3.05) is 6.54 Å². The zero-order valence-electron chi connectivity index (χ0n) is 14.9. The summed E-state index contributed by atoms with van der Waals surface area (Å²) in [6, 6.07) is 0.813. The van der Waals surface area contributed by atoms with E-state index in [2.05, 4.69) is 31.4 Å². The SMILES string of the molecule is CCCCCC(C)NC(CCC)CNC(=O)OC(C)(C)C. The summed E-state index contributed by atoms with van der Waals surface area (Å²) in [5, 5.41) is 6.50. The van der Waals surface area contributed by atoms with Crippen molar-refractivity contribution in [3.63, 3.8) is 0 Å². The van der Waals surface area contributed by atoms with Gasteiger partial charge in [-0.15, -0.1) is 0 Å². The molecule has 0 aliphatic rings. The fourth-order valence-electron chi connectivity index (χ4n) is 2.30. The Morgan fingerprint density at radius 1 is 1.10 bits per heavy atom. The fraction of sp³-hybridized carbons (Fsp3) is 0.941. The quantitative estimate of drug-likeness (QED) is 0.593. The Bertz CT molecular complexity index is 274. The van der Waals surface area contributed by atoms with Crippen LogP contribution in [0.5, 0.6) is 0 Å². The van der Waals surface area contributed by atoms with E-state index in [9.17, 15) is 4.79 Å². The number of carbonyl (C=O) groups is 1. The number of hydrogen-bond donors (Lipinski definition) is 2. The van der Waals surface area contributed by atoms with E-state index >= 15 is 0 Å². The van der Waals surface area contributed by atoms with E-state index in [-0.39, 0.29) is 6.09 Å². The van der Waals surface area contributed by atoms with Crippen molar-refractivity contribution in [3.8, 4) is 0 Å². The van der Waals surface area contributed by atoms with Gasteiger partial charge in [-0.3, -0.25) is 0 Å². The zero-order valence-corrected chi connectivity index (χ0v) is 14.9. The Morgan fingerprint density at radius 3 is 2.29 bits per heavy atom. The van der Waals surface area contributed by atoms with E-state index in [0.717, 1.165) is 12.8 Å². The smallest absolute Gasteiger partial charge is 0.407 e. The van der Waals surface area contributed by atoms with Crippen molar-refractivity contribution in [1.29, 1.82) is 0 Å². The molecule has 0 radical (unpaired) electrons. The van der Waals surface area contributed by atoms with Crippen LogP contribution in [0, 0.1) is 0 Å². The minimum absolute atomic E-state index is 0.319. The van der Waals surface area contributed by atoms with Crippen molar-refractivity contribution in [2.24, 2.45) is 0 Å². The molecule has 0 saturated heterocycles. The van der Waals surface area contributed by atoms with E-state index in [1.54, 1.807) is 0 Å². The number of unbranched alkanes of at least 4 members (excludes halogenated alkanes) is 2. The molecule has 2 unspecified atom stereocenters. The van der Waals surface area contributed by atoms with Gasteiger partial charge in [0.1, 0.15) is 5.60 Å². The average Bonchev–Trinajstić information content (AvgIpc) is 2.34. The topological polar surface area (TPSA) is 50.4 Å². The predicted molar refractivity (Wildman–Crippen MR) is 89.7 cm³/mol. The van der Waals surface area contributed by atoms with Crippen molar-refractivity contribution in [2.45, 2.75) is 97.8 Å². The standard InChI is InChI=1S/C17H36N2O2/c1-7-9-10-12-14(3)19-15(11-8-2)13-18-16(20)21-17(4,5)6/h14-15,19H,7-13H2,1-6H3,(H,18,20). The third-order valence-corrected chi connectivity index (χ3v) is 3.29. The van der Waals surface area contributed by atoms with Gasteiger partial charge in [-0.25, -0.2) is 4.79 Å². The van der Waals surface area contributed by atoms with Crippen molar-refractivity contribution in [1.82, 2.24) is 10.6 Å². The molecule has 0 aromatic rings. The average molecular weight is 300 g/mol. The van der Waals surface area contributed by atoms with Crippen molar-refractivity contribution in [3.05, 3.63) is 0 Å². The number of amides is 1. The van der Waals surface area contributed by atoms with E-state index in [4.69, 9.17) is 4.74 Å². The Balaban J connectivity index is 4.08. The summed E-state index contributed by atoms with van der Waals surface area (Å²) < 4.78 is 5.27. The molecule has 0 bridgehead atoms. The lowest BCUT2D eigenvalue weighted by Gasteiger charge is -2.25. The molecule has 126 valence electrons. The highest BCUT2D eigenvalue weighted by molar-refractivity contribution is 5.67. The minimum atomic E-state index is -0.439. The van der Waals surface area contributed by atoms with E-state index in [0.29, 0.717) is 18.6 Å². The van der Waals surface area contributed by atoms with Gasteiger partial charge in [0.25, 0.3) is 0 Å². The summed E-state index contributed by atoms with van der Waals surface area (Å²) in [5.41, 5.74) is -0.439. The van der Waals surface area contributed by atoms with Crippen LogP contribution in [0.4, 0.5) is 4.79 Å². The van der Waals surface area contributed by atoms with Crippen molar-refractivity contribution >= 4 is 6.09 Å². The van der Waals surface area contributed by atoms with E-state index in [1.165, 1.54) is 25.7 Å². The highest BCUT2D eigenvalue weighted by atomic mass is 16.6. The molecule has 4 nitrogen and oxygen atoms in total. The first-order valence-electron chi connectivity index (χ1n) is 8.51. The molecule has 0 aliphatic heterocycles. The number of ether oxygens (including phenoxy) is 1. The molecule has 21 heavy (non-hydrogen) atoms. The molecule has 2 atom stereocenters.